The first-order valence-electron chi connectivity index (χ1n) is 7.68. The Hall–Kier alpha value is -1.31. The number of hydrogen-bond donors (Lipinski definition) is 1. The number of halogens is 1. The van der Waals surface area contributed by atoms with Gasteiger partial charge in [-0.25, -0.2) is 0 Å². The van der Waals surface area contributed by atoms with Crippen LogP contribution in [0.3, 0.4) is 0 Å². The van der Waals surface area contributed by atoms with Gasteiger partial charge in [-0.15, -0.1) is 0 Å². The summed E-state index contributed by atoms with van der Waals surface area (Å²) in [5, 5.41) is 4.36. The zero-order chi connectivity index (χ0) is 14.8. The molecule has 1 saturated heterocycles. The summed E-state index contributed by atoms with van der Waals surface area (Å²) in [4.78, 5) is 0. The van der Waals surface area contributed by atoms with E-state index >= 15 is 0 Å². The maximum Gasteiger partial charge on any atom is 0.0406 e. The predicted molar refractivity (Wildman–Crippen MR) is 90.3 cm³/mol. The average Bonchev–Trinajstić information content (AvgIpc) is 2.48. The van der Waals surface area contributed by atoms with Crippen LogP contribution in [0.25, 0.3) is 0 Å². The molecule has 1 fully saturated rings. The Kier molecular flexibility index (Phi) is 4.32. The van der Waals surface area contributed by atoms with Crippen molar-refractivity contribution in [2.45, 2.75) is 32.1 Å². The van der Waals surface area contributed by atoms with Crippen LogP contribution in [-0.2, 0) is 0 Å². The molecule has 1 nitrogen and oxygen atoms in total. The van der Waals surface area contributed by atoms with E-state index in [-0.39, 0.29) is 0 Å². The molecule has 21 heavy (non-hydrogen) atoms. The molecule has 1 aliphatic rings. The van der Waals surface area contributed by atoms with E-state index in [9.17, 15) is 0 Å². The van der Waals surface area contributed by atoms with Crippen LogP contribution in [0.1, 0.15) is 40.5 Å². The van der Waals surface area contributed by atoms with Crippen LogP contribution in [0.15, 0.2) is 42.5 Å². The molecule has 0 spiro atoms. The van der Waals surface area contributed by atoms with Gasteiger partial charge in [-0.3, -0.25) is 0 Å². The third-order valence-corrected chi connectivity index (χ3v) is 4.86. The first-order valence-corrected chi connectivity index (χ1v) is 8.06. The van der Waals surface area contributed by atoms with Gasteiger partial charge in [0, 0.05) is 17.5 Å². The zero-order valence-electron chi connectivity index (χ0n) is 12.7. The number of benzene rings is 2. The first-order chi connectivity index (χ1) is 10.1. The van der Waals surface area contributed by atoms with Gasteiger partial charge >= 0.3 is 0 Å². The molecule has 2 aromatic rings. The number of nitrogens with one attached hydrogen (secondary N) is 1. The fourth-order valence-electron chi connectivity index (χ4n) is 3.53. The van der Waals surface area contributed by atoms with E-state index in [4.69, 9.17) is 11.6 Å². The lowest BCUT2D eigenvalue weighted by molar-refractivity contribution is 0.403. The van der Waals surface area contributed by atoms with Crippen molar-refractivity contribution in [2.24, 2.45) is 0 Å². The lowest BCUT2D eigenvalue weighted by atomic mass is 9.76. The monoisotopic (exact) mass is 299 g/mol. The molecule has 0 aromatic heterocycles. The molecule has 1 heterocycles. The minimum Gasteiger partial charge on any atom is -0.316 e. The molecule has 0 aliphatic carbocycles. The fraction of sp³-hybridized carbons (Fsp3) is 0.368. The molecule has 2 aromatic carbocycles. The molecule has 1 N–H and O–H groups in total. The van der Waals surface area contributed by atoms with E-state index in [0.29, 0.717) is 11.8 Å². The van der Waals surface area contributed by atoms with Crippen molar-refractivity contribution >= 4 is 11.6 Å². The molecular formula is C19H22ClN. The molecular weight excluding hydrogens is 278 g/mol. The van der Waals surface area contributed by atoms with Crippen molar-refractivity contribution < 1.29 is 0 Å². The summed E-state index contributed by atoms with van der Waals surface area (Å²) in [7, 11) is 0. The highest BCUT2D eigenvalue weighted by Crippen LogP contribution is 2.39. The summed E-state index contributed by atoms with van der Waals surface area (Å²) in [5.41, 5.74) is 5.65. The Balaban J connectivity index is 1.96. The van der Waals surface area contributed by atoms with Crippen LogP contribution in [0.5, 0.6) is 0 Å². The summed E-state index contributed by atoms with van der Waals surface area (Å²) in [6, 6.07) is 15.2. The lowest BCUT2D eigenvalue weighted by Crippen LogP contribution is -2.34. The highest BCUT2D eigenvalue weighted by Gasteiger charge is 2.28. The van der Waals surface area contributed by atoms with Crippen LogP contribution < -0.4 is 5.32 Å². The number of aryl methyl sites for hydroxylation is 2. The smallest absolute Gasteiger partial charge is 0.0406 e. The van der Waals surface area contributed by atoms with E-state index in [1.54, 1.807) is 0 Å². The van der Waals surface area contributed by atoms with Gasteiger partial charge in [0.1, 0.15) is 0 Å². The van der Waals surface area contributed by atoms with E-state index in [1.807, 2.05) is 12.1 Å². The first kappa shape index (κ1) is 14.6. The minimum atomic E-state index is 0.525. The molecule has 0 bridgehead atoms. The van der Waals surface area contributed by atoms with Crippen molar-refractivity contribution in [1.82, 2.24) is 5.32 Å². The number of hydrogen-bond acceptors (Lipinski definition) is 1. The second-order valence-electron chi connectivity index (χ2n) is 6.12. The van der Waals surface area contributed by atoms with E-state index in [1.165, 1.54) is 28.7 Å². The topological polar surface area (TPSA) is 12.0 Å². The van der Waals surface area contributed by atoms with Crippen molar-refractivity contribution in [1.29, 1.82) is 0 Å². The van der Waals surface area contributed by atoms with Crippen LogP contribution in [0.2, 0.25) is 5.02 Å². The highest BCUT2D eigenvalue weighted by molar-refractivity contribution is 6.30. The van der Waals surface area contributed by atoms with Gasteiger partial charge in [-0.1, -0.05) is 47.5 Å². The molecule has 2 atom stereocenters. The maximum atomic E-state index is 6.03. The fourth-order valence-corrected chi connectivity index (χ4v) is 3.66. The van der Waals surface area contributed by atoms with Gasteiger partial charge < -0.3 is 5.32 Å². The quantitative estimate of drug-likeness (QED) is 0.838. The summed E-state index contributed by atoms with van der Waals surface area (Å²) in [6.45, 7) is 6.54. The summed E-state index contributed by atoms with van der Waals surface area (Å²) >= 11 is 6.03. The number of rotatable bonds is 2. The van der Waals surface area contributed by atoms with Crippen LogP contribution in [-0.4, -0.2) is 13.1 Å². The molecule has 110 valence electrons. The molecule has 2 heteroatoms. The second kappa shape index (κ2) is 6.21. The van der Waals surface area contributed by atoms with Crippen LogP contribution in [0, 0.1) is 13.8 Å². The third-order valence-electron chi connectivity index (χ3n) is 4.61. The van der Waals surface area contributed by atoms with Gasteiger partial charge in [0.2, 0.25) is 0 Å². The van der Waals surface area contributed by atoms with Gasteiger partial charge in [-0.05, 0) is 61.6 Å². The largest absolute Gasteiger partial charge is 0.316 e. The Morgan fingerprint density at radius 2 is 1.76 bits per heavy atom. The third kappa shape index (κ3) is 3.14. The van der Waals surface area contributed by atoms with E-state index in [2.05, 4.69) is 49.5 Å². The predicted octanol–water partition coefficient (Wildman–Crippen LogP) is 4.82. The minimum absolute atomic E-state index is 0.525. The Labute approximate surface area is 132 Å². The normalized spacial score (nSPS) is 22.2. The van der Waals surface area contributed by atoms with Gasteiger partial charge in [0.15, 0.2) is 0 Å². The Morgan fingerprint density at radius 1 is 1.00 bits per heavy atom. The molecule has 3 rings (SSSR count). The van der Waals surface area contributed by atoms with Gasteiger partial charge in [0.25, 0.3) is 0 Å². The molecule has 2 unspecified atom stereocenters. The molecule has 0 radical (unpaired) electrons. The van der Waals surface area contributed by atoms with Crippen molar-refractivity contribution in [3.05, 3.63) is 69.7 Å². The maximum absolute atomic E-state index is 6.03. The lowest BCUT2D eigenvalue weighted by Gasteiger charge is -2.34. The van der Waals surface area contributed by atoms with Gasteiger partial charge in [0.05, 0.1) is 0 Å². The van der Waals surface area contributed by atoms with E-state index < -0.39 is 0 Å². The Bertz CT molecular complexity index is 618. The molecule has 0 saturated carbocycles. The average molecular weight is 300 g/mol. The van der Waals surface area contributed by atoms with Crippen LogP contribution >= 0.6 is 11.6 Å². The standard InChI is InChI=1S/C19H22ClN/c1-13-3-8-17(14(2)11-13)18-9-10-21-12-19(18)15-4-6-16(20)7-5-15/h3-8,11,18-19,21H,9-10,12H2,1-2H3. The van der Waals surface area contributed by atoms with Crippen molar-refractivity contribution in [3.8, 4) is 0 Å². The highest BCUT2D eigenvalue weighted by atomic mass is 35.5. The summed E-state index contributed by atoms with van der Waals surface area (Å²) in [5.74, 6) is 1.12. The second-order valence-corrected chi connectivity index (χ2v) is 6.55. The van der Waals surface area contributed by atoms with E-state index in [0.717, 1.165) is 18.1 Å². The van der Waals surface area contributed by atoms with Crippen molar-refractivity contribution in [2.75, 3.05) is 13.1 Å². The summed E-state index contributed by atoms with van der Waals surface area (Å²) < 4.78 is 0. The SMILES string of the molecule is Cc1ccc(C2CCNCC2c2ccc(Cl)cc2)c(C)c1. The van der Waals surface area contributed by atoms with Crippen LogP contribution in [0.4, 0.5) is 0 Å². The zero-order valence-corrected chi connectivity index (χ0v) is 13.5. The van der Waals surface area contributed by atoms with Gasteiger partial charge in [-0.2, -0.15) is 0 Å². The summed E-state index contributed by atoms with van der Waals surface area (Å²) in [6.07, 6.45) is 1.19. The molecule has 1 aliphatic heterocycles. The Morgan fingerprint density at radius 3 is 2.48 bits per heavy atom. The molecule has 0 amide bonds. The number of piperidine rings is 1. The van der Waals surface area contributed by atoms with Crippen molar-refractivity contribution in [3.63, 3.8) is 0 Å².